The molecule has 0 radical (unpaired) electrons. The highest BCUT2D eigenvalue weighted by atomic mass is 16.5. The molecule has 6 heteroatoms. The predicted molar refractivity (Wildman–Crippen MR) is 101 cm³/mol. The van der Waals surface area contributed by atoms with E-state index in [-0.39, 0.29) is 6.10 Å². The second-order valence-corrected chi connectivity index (χ2v) is 8.26. The first-order valence-electron chi connectivity index (χ1n) is 10.4. The molecule has 0 aromatic carbocycles. The molecule has 3 saturated heterocycles. The first-order valence-corrected chi connectivity index (χ1v) is 10.4. The van der Waals surface area contributed by atoms with E-state index in [1.807, 2.05) is 7.05 Å². The summed E-state index contributed by atoms with van der Waals surface area (Å²) in [6.45, 7) is 6.46. The van der Waals surface area contributed by atoms with Crippen LogP contribution in [0.5, 0.6) is 0 Å². The molecule has 3 heterocycles. The number of fused-ring (bicyclic) bond motifs is 1. The average Bonchev–Trinajstić information content (AvgIpc) is 3.39. The summed E-state index contributed by atoms with van der Waals surface area (Å²) in [5.41, 5.74) is 0. The van der Waals surface area contributed by atoms with Crippen molar-refractivity contribution in [1.29, 1.82) is 0 Å². The Balaban J connectivity index is 1.19. The lowest BCUT2D eigenvalue weighted by Crippen LogP contribution is -2.52. The Morgan fingerprint density at radius 1 is 1.00 bits per heavy atom. The number of morpholine rings is 1. The van der Waals surface area contributed by atoms with Crippen LogP contribution >= 0.6 is 0 Å². The molecule has 0 spiro atoms. The SMILES string of the molecule is CN=C(NCC1CN2CCCC2CO1)NC1CCN(C2CCCC2)C1. The largest absolute Gasteiger partial charge is 0.373 e. The van der Waals surface area contributed by atoms with Crippen LogP contribution in [0.15, 0.2) is 4.99 Å². The zero-order chi connectivity index (χ0) is 17.1. The third-order valence-corrected chi connectivity index (χ3v) is 6.58. The summed E-state index contributed by atoms with van der Waals surface area (Å²) in [6, 6.07) is 2.04. The summed E-state index contributed by atoms with van der Waals surface area (Å²) in [6.07, 6.45) is 9.79. The predicted octanol–water partition coefficient (Wildman–Crippen LogP) is 1.03. The quantitative estimate of drug-likeness (QED) is 0.587. The Morgan fingerprint density at radius 2 is 1.80 bits per heavy atom. The third-order valence-electron chi connectivity index (χ3n) is 6.58. The molecule has 3 aliphatic heterocycles. The first kappa shape index (κ1) is 17.6. The fraction of sp³-hybridized carbons (Fsp3) is 0.947. The second kappa shape index (κ2) is 8.23. The van der Waals surface area contributed by atoms with E-state index in [1.54, 1.807) is 0 Å². The van der Waals surface area contributed by atoms with Crippen molar-refractivity contribution < 1.29 is 4.74 Å². The van der Waals surface area contributed by atoms with Gasteiger partial charge < -0.3 is 15.4 Å². The van der Waals surface area contributed by atoms with Crippen molar-refractivity contribution in [2.45, 2.75) is 69.2 Å². The van der Waals surface area contributed by atoms with Gasteiger partial charge in [0.15, 0.2) is 5.96 Å². The Labute approximate surface area is 152 Å². The van der Waals surface area contributed by atoms with Crippen molar-refractivity contribution in [1.82, 2.24) is 20.4 Å². The van der Waals surface area contributed by atoms with E-state index in [0.717, 1.165) is 31.7 Å². The highest BCUT2D eigenvalue weighted by Crippen LogP contribution is 2.26. The van der Waals surface area contributed by atoms with Gasteiger partial charge in [-0.05, 0) is 38.6 Å². The van der Waals surface area contributed by atoms with Gasteiger partial charge in [0, 0.05) is 51.4 Å². The van der Waals surface area contributed by atoms with Gasteiger partial charge in [0.2, 0.25) is 0 Å². The average molecular weight is 350 g/mol. The van der Waals surface area contributed by atoms with E-state index in [0.29, 0.717) is 12.1 Å². The Morgan fingerprint density at radius 3 is 2.64 bits per heavy atom. The number of hydrogen-bond donors (Lipinski definition) is 2. The minimum Gasteiger partial charge on any atom is -0.373 e. The summed E-state index contributed by atoms with van der Waals surface area (Å²) < 4.78 is 6.05. The van der Waals surface area contributed by atoms with Crippen LogP contribution in [-0.4, -0.2) is 86.4 Å². The van der Waals surface area contributed by atoms with Crippen LogP contribution < -0.4 is 10.6 Å². The van der Waals surface area contributed by atoms with Crippen molar-refractivity contribution in [3.63, 3.8) is 0 Å². The molecule has 142 valence electrons. The van der Waals surface area contributed by atoms with Crippen LogP contribution in [0.1, 0.15) is 44.9 Å². The topological polar surface area (TPSA) is 52.1 Å². The van der Waals surface area contributed by atoms with E-state index < -0.39 is 0 Å². The molecule has 4 fully saturated rings. The van der Waals surface area contributed by atoms with Crippen LogP contribution in [0.25, 0.3) is 0 Å². The molecular formula is C19H35N5O. The Hall–Kier alpha value is -0.850. The fourth-order valence-corrected chi connectivity index (χ4v) is 5.11. The Bertz CT molecular complexity index is 465. The lowest BCUT2D eigenvalue weighted by Gasteiger charge is -2.35. The normalized spacial score (nSPS) is 35.2. The van der Waals surface area contributed by atoms with E-state index >= 15 is 0 Å². The number of aliphatic imine (C=N–C) groups is 1. The molecule has 1 aliphatic carbocycles. The summed E-state index contributed by atoms with van der Waals surface area (Å²) in [5.74, 6) is 0.936. The van der Waals surface area contributed by atoms with Crippen molar-refractivity contribution >= 4 is 5.96 Å². The monoisotopic (exact) mass is 349 g/mol. The van der Waals surface area contributed by atoms with Crippen LogP contribution in [-0.2, 0) is 4.74 Å². The summed E-state index contributed by atoms with van der Waals surface area (Å²) >= 11 is 0. The molecule has 25 heavy (non-hydrogen) atoms. The molecule has 0 amide bonds. The van der Waals surface area contributed by atoms with Crippen LogP contribution in [0, 0.1) is 0 Å². The van der Waals surface area contributed by atoms with Gasteiger partial charge in [0.05, 0.1) is 12.7 Å². The fourth-order valence-electron chi connectivity index (χ4n) is 5.11. The van der Waals surface area contributed by atoms with Gasteiger partial charge in [-0.2, -0.15) is 0 Å². The molecule has 0 aromatic rings. The molecule has 3 unspecified atom stereocenters. The van der Waals surface area contributed by atoms with E-state index in [9.17, 15) is 0 Å². The number of nitrogens with one attached hydrogen (secondary N) is 2. The zero-order valence-electron chi connectivity index (χ0n) is 15.8. The minimum absolute atomic E-state index is 0.284. The molecule has 1 saturated carbocycles. The number of likely N-dealkylation sites (tertiary alicyclic amines) is 1. The van der Waals surface area contributed by atoms with Gasteiger partial charge >= 0.3 is 0 Å². The maximum Gasteiger partial charge on any atom is 0.191 e. The summed E-state index contributed by atoms with van der Waals surface area (Å²) in [4.78, 5) is 9.72. The number of ether oxygens (including phenoxy) is 1. The van der Waals surface area contributed by atoms with Crippen LogP contribution in [0.3, 0.4) is 0 Å². The van der Waals surface area contributed by atoms with Crippen LogP contribution in [0.4, 0.5) is 0 Å². The number of rotatable bonds is 4. The molecule has 4 rings (SSSR count). The van der Waals surface area contributed by atoms with Crippen molar-refractivity contribution in [2.24, 2.45) is 4.99 Å². The highest BCUT2D eigenvalue weighted by Gasteiger charge is 2.33. The summed E-state index contributed by atoms with van der Waals surface area (Å²) in [7, 11) is 1.87. The molecule has 0 aromatic heterocycles. The van der Waals surface area contributed by atoms with Crippen molar-refractivity contribution in [2.75, 3.05) is 46.4 Å². The molecular weight excluding hydrogens is 314 g/mol. The van der Waals surface area contributed by atoms with Crippen molar-refractivity contribution in [3.05, 3.63) is 0 Å². The molecule has 0 bridgehead atoms. The summed E-state index contributed by atoms with van der Waals surface area (Å²) in [5, 5.41) is 7.13. The maximum absolute atomic E-state index is 6.05. The van der Waals surface area contributed by atoms with E-state index in [2.05, 4.69) is 25.4 Å². The van der Waals surface area contributed by atoms with E-state index in [4.69, 9.17) is 4.74 Å². The van der Waals surface area contributed by atoms with E-state index in [1.165, 1.54) is 64.6 Å². The second-order valence-electron chi connectivity index (χ2n) is 8.26. The lowest BCUT2D eigenvalue weighted by molar-refractivity contribution is -0.0453. The van der Waals surface area contributed by atoms with Gasteiger partial charge in [-0.3, -0.25) is 14.8 Å². The van der Waals surface area contributed by atoms with Crippen molar-refractivity contribution in [3.8, 4) is 0 Å². The lowest BCUT2D eigenvalue weighted by atomic mass is 10.2. The molecule has 4 aliphatic rings. The van der Waals surface area contributed by atoms with Gasteiger partial charge in [-0.25, -0.2) is 0 Å². The Kier molecular flexibility index (Phi) is 5.78. The van der Waals surface area contributed by atoms with Gasteiger partial charge in [-0.15, -0.1) is 0 Å². The number of guanidine groups is 1. The first-order chi connectivity index (χ1) is 12.3. The maximum atomic E-state index is 6.05. The van der Waals surface area contributed by atoms with Crippen LogP contribution in [0.2, 0.25) is 0 Å². The third kappa shape index (κ3) is 4.29. The molecule has 3 atom stereocenters. The number of hydrogen-bond acceptors (Lipinski definition) is 4. The molecule has 2 N–H and O–H groups in total. The molecule has 6 nitrogen and oxygen atoms in total. The number of nitrogens with zero attached hydrogens (tertiary/aromatic N) is 3. The smallest absolute Gasteiger partial charge is 0.191 e. The zero-order valence-corrected chi connectivity index (χ0v) is 15.8. The standard InChI is InChI=1S/C19H35N5O/c1-20-19(21-11-18-13-23-9-4-7-17(23)14-25-18)22-15-8-10-24(12-15)16-5-2-3-6-16/h15-18H,2-14H2,1H3,(H2,20,21,22). The van der Waals surface area contributed by atoms with Gasteiger partial charge in [0.1, 0.15) is 0 Å². The van der Waals surface area contributed by atoms with Gasteiger partial charge in [-0.1, -0.05) is 12.8 Å². The van der Waals surface area contributed by atoms with Gasteiger partial charge in [0.25, 0.3) is 0 Å². The minimum atomic E-state index is 0.284. The highest BCUT2D eigenvalue weighted by molar-refractivity contribution is 5.80.